The molecule has 8 heteroatoms. The van der Waals surface area contributed by atoms with Crippen molar-refractivity contribution in [1.29, 1.82) is 0 Å². The largest absolute Gasteiger partial charge is 0.508 e. The molecule has 3 rings (SSSR count). The molecule has 0 spiro atoms. The van der Waals surface area contributed by atoms with Crippen LogP contribution in [0.5, 0.6) is 5.75 Å². The molecule has 0 saturated carbocycles. The Morgan fingerprint density at radius 3 is 2.54 bits per heavy atom. The quantitative estimate of drug-likeness (QED) is 0.659. The van der Waals surface area contributed by atoms with Crippen LogP contribution in [0.1, 0.15) is 21.5 Å². The predicted molar refractivity (Wildman–Crippen MR) is 96.8 cm³/mol. The van der Waals surface area contributed by atoms with E-state index in [1.807, 2.05) is 0 Å². The number of aromatic carboxylic acids is 1. The Kier molecular flexibility index (Phi) is 4.03. The Hall–Kier alpha value is -3.55. The molecule has 2 aromatic heterocycles. The number of nitrogen functional groups attached to an aromatic ring is 1. The summed E-state index contributed by atoms with van der Waals surface area (Å²) in [6.45, 7) is 3.39. The topological polar surface area (TPSA) is 123 Å². The standard InChI is InChI=1S/C18H18N4O4/c1-9-4-5-14(23)10(2)15(9)22-16(19)12(18(25)26)6-11(17(22)24)13-7-21(3)8-20-13/h4-8,23H,19H2,1-3H3,(H,25,26). The molecule has 0 bridgehead atoms. The highest BCUT2D eigenvalue weighted by Gasteiger charge is 2.22. The number of carbonyl (C=O) groups is 1. The third kappa shape index (κ3) is 2.61. The first-order chi connectivity index (χ1) is 12.2. The van der Waals surface area contributed by atoms with E-state index in [-0.39, 0.29) is 22.7 Å². The molecule has 0 amide bonds. The van der Waals surface area contributed by atoms with Gasteiger partial charge in [0.1, 0.15) is 17.1 Å². The van der Waals surface area contributed by atoms with E-state index in [0.717, 1.165) is 4.57 Å². The molecule has 26 heavy (non-hydrogen) atoms. The fourth-order valence-corrected chi connectivity index (χ4v) is 2.93. The average molecular weight is 354 g/mol. The van der Waals surface area contributed by atoms with Gasteiger partial charge in [0.15, 0.2) is 0 Å². The molecule has 0 fully saturated rings. The van der Waals surface area contributed by atoms with Crippen LogP contribution >= 0.6 is 0 Å². The molecule has 0 unspecified atom stereocenters. The van der Waals surface area contributed by atoms with Gasteiger partial charge in [-0.15, -0.1) is 0 Å². The molecule has 4 N–H and O–H groups in total. The molecule has 3 aromatic rings. The smallest absolute Gasteiger partial charge is 0.339 e. The molecule has 8 nitrogen and oxygen atoms in total. The van der Waals surface area contributed by atoms with Gasteiger partial charge in [0, 0.05) is 18.8 Å². The molecule has 0 saturated heterocycles. The van der Waals surface area contributed by atoms with Crippen molar-refractivity contribution in [2.45, 2.75) is 13.8 Å². The van der Waals surface area contributed by atoms with Crippen molar-refractivity contribution in [3.8, 4) is 22.7 Å². The first-order valence-corrected chi connectivity index (χ1v) is 7.79. The van der Waals surface area contributed by atoms with Crippen LogP contribution < -0.4 is 11.3 Å². The number of aromatic hydroxyl groups is 1. The minimum atomic E-state index is -1.26. The molecule has 2 heterocycles. The highest BCUT2D eigenvalue weighted by Crippen LogP contribution is 2.29. The van der Waals surface area contributed by atoms with Gasteiger partial charge < -0.3 is 20.5 Å². The maximum absolute atomic E-state index is 13.1. The molecule has 0 atom stereocenters. The first kappa shape index (κ1) is 17.3. The number of phenolic OH excluding ortho intramolecular Hbond substituents is 1. The molecule has 0 aliphatic carbocycles. The SMILES string of the molecule is Cc1ccc(O)c(C)c1-n1c(N)c(C(=O)O)cc(-c2cn(C)cn2)c1=O. The summed E-state index contributed by atoms with van der Waals surface area (Å²) in [7, 11) is 1.74. The lowest BCUT2D eigenvalue weighted by Gasteiger charge is -2.18. The number of hydrogen-bond donors (Lipinski definition) is 3. The molecular weight excluding hydrogens is 336 g/mol. The summed E-state index contributed by atoms with van der Waals surface area (Å²) >= 11 is 0. The van der Waals surface area contributed by atoms with Crippen LogP contribution in [0.3, 0.4) is 0 Å². The van der Waals surface area contributed by atoms with Crippen molar-refractivity contribution in [3.63, 3.8) is 0 Å². The number of benzene rings is 1. The lowest BCUT2D eigenvalue weighted by Crippen LogP contribution is -2.27. The minimum absolute atomic E-state index is 0.0167. The van der Waals surface area contributed by atoms with Gasteiger partial charge in [0.25, 0.3) is 5.56 Å². The van der Waals surface area contributed by atoms with Gasteiger partial charge >= 0.3 is 5.97 Å². The van der Waals surface area contributed by atoms with Gasteiger partial charge in [0.05, 0.1) is 23.3 Å². The van der Waals surface area contributed by atoms with E-state index in [4.69, 9.17) is 5.73 Å². The second-order valence-electron chi connectivity index (χ2n) is 6.10. The summed E-state index contributed by atoms with van der Waals surface area (Å²) in [5, 5.41) is 19.6. The zero-order valence-electron chi connectivity index (χ0n) is 14.5. The van der Waals surface area contributed by atoms with Crippen LogP contribution in [-0.4, -0.2) is 30.3 Å². The summed E-state index contributed by atoms with van der Waals surface area (Å²) in [5.41, 5.74) is 7.20. The number of nitrogens with two attached hydrogens (primary N) is 1. The fourth-order valence-electron chi connectivity index (χ4n) is 2.93. The lowest BCUT2D eigenvalue weighted by molar-refractivity contribution is 0.0697. The Bertz CT molecular complexity index is 1100. The van der Waals surface area contributed by atoms with Crippen molar-refractivity contribution in [1.82, 2.24) is 14.1 Å². The zero-order chi connectivity index (χ0) is 19.2. The monoisotopic (exact) mass is 354 g/mol. The zero-order valence-corrected chi connectivity index (χ0v) is 14.5. The van der Waals surface area contributed by atoms with E-state index >= 15 is 0 Å². The number of aromatic nitrogens is 3. The molecule has 0 aliphatic rings. The maximum atomic E-state index is 13.1. The summed E-state index contributed by atoms with van der Waals surface area (Å²) in [4.78, 5) is 29.0. The van der Waals surface area contributed by atoms with Gasteiger partial charge in [-0.3, -0.25) is 9.36 Å². The van der Waals surface area contributed by atoms with Gasteiger partial charge in [-0.05, 0) is 31.5 Å². The van der Waals surface area contributed by atoms with Gasteiger partial charge in [-0.2, -0.15) is 0 Å². The summed E-state index contributed by atoms with van der Waals surface area (Å²) in [5.74, 6) is -1.49. The molecule has 0 aliphatic heterocycles. The minimum Gasteiger partial charge on any atom is -0.508 e. The number of imidazole rings is 1. The van der Waals surface area contributed by atoms with Crippen LogP contribution in [-0.2, 0) is 7.05 Å². The van der Waals surface area contributed by atoms with E-state index in [2.05, 4.69) is 4.98 Å². The van der Waals surface area contributed by atoms with Crippen molar-refractivity contribution in [2.24, 2.45) is 7.05 Å². The van der Waals surface area contributed by atoms with Crippen LogP contribution in [0.4, 0.5) is 5.82 Å². The Labute approximate surface area is 148 Å². The second-order valence-corrected chi connectivity index (χ2v) is 6.10. The van der Waals surface area contributed by atoms with Crippen molar-refractivity contribution in [3.05, 3.63) is 57.8 Å². The number of rotatable bonds is 3. The molecule has 0 radical (unpaired) electrons. The predicted octanol–water partition coefficient (Wildman–Crippen LogP) is 1.84. The van der Waals surface area contributed by atoms with Crippen molar-refractivity contribution < 1.29 is 15.0 Å². The van der Waals surface area contributed by atoms with Crippen LogP contribution in [0.25, 0.3) is 16.9 Å². The highest BCUT2D eigenvalue weighted by atomic mass is 16.4. The molecular formula is C18H18N4O4. The summed E-state index contributed by atoms with van der Waals surface area (Å²) < 4.78 is 2.78. The van der Waals surface area contributed by atoms with Crippen LogP contribution in [0.2, 0.25) is 0 Å². The molecule has 1 aromatic carbocycles. The number of phenols is 1. The van der Waals surface area contributed by atoms with Gasteiger partial charge in [-0.1, -0.05) is 6.07 Å². The van der Waals surface area contributed by atoms with Gasteiger partial charge in [0.2, 0.25) is 0 Å². The Morgan fingerprint density at radius 1 is 1.27 bits per heavy atom. The average Bonchev–Trinajstić information content (AvgIpc) is 3.00. The highest BCUT2D eigenvalue weighted by molar-refractivity contribution is 5.94. The number of aryl methyl sites for hydroxylation is 2. The van der Waals surface area contributed by atoms with E-state index in [1.54, 1.807) is 37.7 Å². The molecule has 134 valence electrons. The number of carboxylic acids is 1. The maximum Gasteiger partial charge on any atom is 0.339 e. The Morgan fingerprint density at radius 2 is 1.96 bits per heavy atom. The normalized spacial score (nSPS) is 10.9. The Balaban J connectivity index is 2.47. The summed E-state index contributed by atoms with van der Waals surface area (Å²) in [6, 6.07) is 4.37. The fraction of sp³-hybridized carbons (Fsp3) is 0.167. The number of pyridine rings is 1. The van der Waals surface area contributed by atoms with Gasteiger partial charge in [-0.25, -0.2) is 9.78 Å². The number of carboxylic acid groups (broad SMARTS) is 1. The van der Waals surface area contributed by atoms with Crippen LogP contribution in [0, 0.1) is 13.8 Å². The number of nitrogens with zero attached hydrogens (tertiary/aromatic N) is 3. The van der Waals surface area contributed by atoms with Crippen molar-refractivity contribution in [2.75, 3.05) is 5.73 Å². The van der Waals surface area contributed by atoms with Crippen molar-refractivity contribution >= 4 is 11.8 Å². The van der Waals surface area contributed by atoms with E-state index in [9.17, 15) is 19.8 Å². The van der Waals surface area contributed by atoms with Crippen LogP contribution in [0.15, 0.2) is 35.5 Å². The first-order valence-electron chi connectivity index (χ1n) is 7.79. The van der Waals surface area contributed by atoms with E-state index in [1.165, 1.54) is 18.5 Å². The second kappa shape index (κ2) is 6.07. The van der Waals surface area contributed by atoms with E-state index in [0.29, 0.717) is 22.5 Å². The number of hydrogen-bond acceptors (Lipinski definition) is 5. The lowest BCUT2D eigenvalue weighted by atomic mass is 10.1. The van der Waals surface area contributed by atoms with E-state index < -0.39 is 11.5 Å². The third-order valence-electron chi connectivity index (χ3n) is 4.28. The number of anilines is 1. The summed E-state index contributed by atoms with van der Waals surface area (Å²) in [6.07, 6.45) is 3.13. The third-order valence-corrected chi connectivity index (χ3v) is 4.28.